The van der Waals surface area contributed by atoms with E-state index in [4.69, 9.17) is 4.42 Å². The molecular weight excluding hydrogens is 230 g/mol. The van der Waals surface area contributed by atoms with Crippen molar-refractivity contribution in [2.45, 2.75) is 13.0 Å². The number of hydrogen-bond acceptors (Lipinski definition) is 3. The lowest BCUT2D eigenvalue weighted by Gasteiger charge is -2.09. The normalized spacial score (nSPS) is 12.1. The van der Waals surface area contributed by atoms with E-state index < -0.39 is 6.10 Å². The zero-order valence-corrected chi connectivity index (χ0v) is 10.1. The molecule has 0 aliphatic heterocycles. The summed E-state index contributed by atoms with van der Waals surface area (Å²) in [5.74, 6) is 0.984. The molecule has 1 aromatic heterocycles. The third-order valence-corrected chi connectivity index (χ3v) is 2.58. The molecule has 1 heterocycles. The summed E-state index contributed by atoms with van der Waals surface area (Å²) in [5.41, 5.74) is 0.570. The fourth-order valence-electron chi connectivity index (χ4n) is 1.61. The first-order valence-corrected chi connectivity index (χ1v) is 5.74. The van der Waals surface area contributed by atoms with Gasteiger partial charge in [0.1, 0.15) is 17.6 Å². The van der Waals surface area contributed by atoms with E-state index in [2.05, 4.69) is 5.32 Å². The molecule has 4 nitrogen and oxygen atoms in total. The van der Waals surface area contributed by atoms with Gasteiger partial charge in [0.15, 0.2) is 0 Å². The first-order valence-electron chi connectivity index (χ1n) is 5.74. The Morgan fingerprint density at radius 3 is 2.61 bits per heavy atom. The van der Waals surface area contributed by atoms with Crippen LogP contribution >= 0.6 is 0 Å². The number of nitrogens with one attached hydrogen (secondary N) is 1. The van der Waals surface area contributed by atoms with Gasteiger partial charge in [0, 0.05) is 5.56 Å². The van der Waals surface area contributed by atoms with Crippen molar-refractivity contribution in [3.63, 3.8) is 0 Å². The van der Waals surface area contributed by atoms with E-state index in [1.807, 2.05) is 6.07 Å². The lowest BCUT2D eigenvalue weighted by molar-refractivity contribution is 0.0900. The van der Waals surface area contributed by atoms with E-state index in [0.29, 0.717) is 11.3 Å². The maximum Gasteiger partial charge on any atom is 0.251 e. The molecule has 1 amide bonds. The minimum atomic E-state index is -0.827. The fourth-order valence-corrected chi connectivity index (χ4v) is 1.61. The molecule has 94 valence electrons. The smallest absolute Gasteiger partial charge is 0.251 e. The van der Waals surface area contributed by atoms with Crippen molar-refractivity contribution < 1.29 is 14.3 Å². The van der Waals surface area contributed by atoms with Crippen LogP contribution in [0.4, 0.5) is 0 Å². The SMILES string of the molecule is Cc1ccc(C(O)CNC(=O)c2ccccc2)o1. The second kappa shape index (κ2) is 5.51. The van der Waals surface area contributed by atoms with Crippen molar-refractivity contribution in [3.8, 4) is 0 Å². The Morgan fingerprint density at radius 1 is 1.28 bits per heavy atom. The van der Waals surface area contributed by atoms with E-state index >= 15 is 0 Å². The number of benzene rings is 1. The van der Waals surface area contributed by atoms with Gasteiger partial charge >= 0.3 is 0 Å². The monoisotopic (exact) mass is 245 g/mol. The quantitative estimate of drug-likeness (QED) is 0.866. The van der Waals surface area contributed by atoms with Crippen LogP contribution in [0, 0.1) is 6.92 Å². The molecule has 0 saturated carbocycles. The average Bonchev–Trinajstić information content (AvgIpc) is 2.83. The van der Waals surface area contributed by atoms with E-state index in [1.165, 1.54) is 0 Å². The minimum absolute atomic E-state index is 0.126. The highest BCUT2D eigenvalue weighted by Gasteiger charge is 2.13. The van der Waals surface area contributed by atoms with Crippen molar-refractivity contribution in [1.29, 1.82) is 0 Å². The van der Waals surface area contributed by atoms with Crippen LogP contribution in [-0.2, 0) is 0 Å². The summed E-state index contributed by atoms with van der Waals surface area (Å²) in [4.78, 5) is 11.7. The minimum Gasteiger partial charge on any atom is -0.464 e. The first-order chi connectivity index (χ1) is 8.66. The average molecular weight is 245 g/mol. The second-order valence-electron chi connectivity index (χ2n) is 4.04. The molecule has 0 radical (unpaired) electrons. The molecule has 1 unspecified atom stereocenters. The lowest BCUT2D eigenvalue weighted by Crippen LogP contribution is -2.28. The Balaban J connectivity index is 1.90. The largest absolute Gasteiger partial charge is 0.464 e. The molecule has 2 rings (SSSR count). The van der Waals surface area contributed by atoms with Crippen molar-refractivity contribution in [3.05, 3.63) is 59.5 Å². The Bertz CT molecular complexity index is 519. The number of hydrogen-bond donors (Lipinski definition) is 2. The topological polar surface area (TPSA) is 62.5 Å². The van der Waals surface area contributed by atoms with Gasteiger partial charge in [0.2, 0.25) is 0 Å². The first kappa shape index (κ1) is 12.4. The van der Waals surface area contributed by atoms with E-state index in [1.54, 1.807) is 43.3 Å². The molecule has 1 atom stereocenters. The predicted molar refractivity (Wildman–Crippen MR) is 67.2 cm³/mol. The number of aryl methyl sites for hydroxylation is 1. The van der Waals surface area contributed by atoms with Crippen LogP contribution in [0.15, 0.2) is 46.9 Å². The zero-order valence-electron chi connectivity index (χ0n) is 10.1. The number of amides is 1. The summed E-state index contributed by atoms with van der Waals surface area (Å²) in [6, 6.07) is 12.4. The fraction of sp³-hybridized carbons (Fsp3) is 0.214. The van der Waals surface area contributed by atoms with Crippen molar-refractivity contribution in [1.82, 2.24) is 5.32 Å². The molecule has 0 aliphatic rings. The van der Waals surface area contributed by atoms with Crippen molar-refractivity contribution >= 4 is 5.91 Å². The van der Waals surface area contributed by atoms with Crippen LogP contribution in [0.1, 0.15) is 28.0 Å². The number of aliphatic hydroxyl groups is 1. The molecule has 0 saturated heterocycles. The molecule has 18 heavy (non-hydrogen) atoms. The Hall–Kier alpha value is -2.07. The summed E-state index contributed by atoms with van der Waals surface area (Å²) in [5, 5.41) is 12.5. The second-order valence-corrected chi connectivity index (χ2v) is 4.04. The molecule has 0 spiro atoms. The highest BCUT2D eigenvalue weighted by atomic mass is 16.4. The number of carbonyl (C=O) groups excluding carboxylic acids is 1. The van der Waals surface area contributed by atoms with Crippen LogP contribution in [-0.4, -0.2) is 17.6 Å². The molecule has 0 bridgehead atoms. The number of rotatable bonds is 4. The third kappa shape index (κ3) is 2.99. The van der Waals surface area contributed by atoms with Gasteiger partial charge in [0.25, 0.3) is 5.91 Å². The van der Waals surface area contributed by atoms with Gasteiger partial charge in [-0.15, -0.1) is 0 Å². The van der Waals surface area contributed by atoms with E-state index in [-0.39, 0.29) is 12.5 Å². The summed E-state index contributed by atoms with van der Waals surface area (Å²) < 4.78 is 5.28. The van der Waals surface area contributed by atoms with Crippen molar-refractivity contribution in [2.24, 2.45) is 0 Å². The Kier molecular flexibility index (Phi) is 3.79. The highest BCUT2D eigenvalue weighted by molar-refractivity contribution is 5.94. The summed E-state index contributed by atoms with van der Waals surface area (Å²) in [6.45, 7) is 1.93. The molecule has 0 aliphatic carbocycles. The molecule has 2 N–H and O–H groups in total. The number of carbonyl (C=O) groups is 1. The maximum absolute atomic E-state index is 11.7. The maximum atomic E-state index is 11.7. The molecule has 0 fully saturated rings. The third-order valence-electron chi connectivity index (χ3n) is 2.58. The summed E-state index contributed by atoms with van der Waals surface area (Å²) in [7, 11) is 0. The van der Waals surface area contributed by atoms with E-state index in [9.17, 15) is 9.90 Å². The highest BCUT2D eigenvalue weighted by Crippen LogP contribution is 2.15. The van der Waals surface area contributed by atoms with Gasteiger partial charge in [-0.05, 0) is 31.2 Å². The van der Waals surface area contributed by atoms with Crippen LogP contribution in [0.25, 0.3) is 0 Å². The molecule has 2 aromatic rings. The molecule has 4 heteroatoms. The van der Waals surface area contributed by atoms with Gasteiger partial charge in [-0.2, -0.15) is 0 Å². The van der Waals surface area contributed by atoms with Crippen LogP contribution in [0.2, 0.25) is 0 Å². The predicted octanol–water partition coefficient (Wildman–Crippen LogP) is 2.05. The standard InChI is InChI=1S/C14H15NO3/c1-10-7-8-13(18-10)12(16)9-15-14(17)11-5-3-2-4-6-11/h2-8,12,16H,9H2,1H3,(H,15,17). The van der Waals surface area contributed by atoms with Gasteiger partial charge in [-0.3, -0.25) is 4.79 Å². The molecular formula is C14H15NO3. The van der Waals surface area contributed by atoms with E-state index in [0.717, 1.165) is 5.76 Å². The summed E-state index contributed by atoms with van der Waals surface area (Å²) in [6.07, 6.45) is -0.827. The van der Waals surface area contributed by atoms with Gasteiger partial charge < -0.3 is 14.8 Å². The van der Waals surface area contributed by atoms with Crippen LogP contribution < -0.4 is 5.32 Å². The van der Waals surface area contributed by atoms with Gasteiger partial charge in [-0.1, -0.05) is 18.2 Å². The number of furan rings is 1. The van der Waals surface area contributed by atoms with Crippen LogP contribution in [0.5, 0.6) is 0 Å². The van der Waals surface area contributed by atoms with Crippen LogP contribution in [0.3, 0.4) is 0 Å². The zero-order chi connectivity index (χ0) is 13.0. The Morgan fingerprint density at radius 2 is 2.00 bits per heavy atom. The summed E-state index contributed by atoms with van der Waals surface area (Å²) >= 11 is 0. The van der Waals surface area contributed by atoms with Gasteiger partial charge in [-0.25, -0.2) is 0 Å². The number of aliphatic hydroxyl groups excluding tert-OH is 1. The molecule has 1 aromatic carbocycles. The van der Waals surface area contributed by atoms with Gasteiger partial charge in [0.05, 0.1) is 6.54 Å². The lowest BCUT2D eigenvalue weighted by atomic mass is 10.2. The van der Waals surface area contributed by atoms with Crippen molar-refractivity contribution in [2.75, 3.05) is 6.54 Å². The Labute approximate surface area is 105 Å².